The summed E-state index contributed by atoms with van der Waals surface area (Å²) < 4.78 is 21.6. The van der Waals surface area contributed by atoms with Crippen molar-refractivity contribution >= 4 is 34.1 Å². The van der Waals surface area contributed by atoms with Gasteiger partial charge in [0.05, 0.1) is 5.75 Å². The van der Waals surface area contributed by atoms with Crippen molar-refractivity contribution in [2.75, 3.05) is 11.1 Å². The van der Waals surface area contributed by atoms with Crippen molar-refractivity contribution in [3.05, 3.63) is 41.4 Å². The quantitative estimate of drug-likeness (QED) is 0.510. The number of anilines is 1. The van der Waals surface area contributed by atoms with Crippen molar-refractivity contribution in [1.82, 2.24) is 25.0 Å². The van der Waals surface area contributed by atoms with Crippen LogP contribution >= 0.6 is 23.1 Å². The number of amides is 1. The van der Waals surface area contributed by atoms with E-state index in [-0.39, 0.29) is 17.4 Å². The molecule has 11 heteroatoms. The Balaban J connectivity index is 1.72. The van der Waals surface area contributed by atoms with Gasteiger partial charge in [0, 0.05) is 6.54 Å². The average molecular weight is 437 g/mol. The third-order valence-electron chi connectivity index (χ3n) is 3.74. The molecule has 1 unspecified atom stereocenters. The first-order chi connectivity index (χ1) is 13.9. The molecule has 154 valence electrons. The third kappa shape index (κ3) is 5.73. The number of ether oxygens (including phenoxy) is 1. The normalized spacial score (nSPS) is 12.2. The lowest BCUT2D eigenvalue weighted by molar-refractivity contribution is -0.113. The average Bonchev–Trinajstić information content (AvgIpc) is 3.31. The summed E-state index contributed by atoms with van der Waals surface area (Å²) in [5.41, 5.74) is 1.55. The number of halogens is 1. The number of nitrogens with zero attached hydrogens (tertiary/aromatic N) is 5. The summed E-state index contributed by atoms with van der Waals surface area (Å²) in [6.07, 6.45) is -0.511. The van der Waals surface area contributed by atoms with Gasteiger partial charge < -0.3 is 9.30 Å². The standard InChI is InChI=1S/C18H21FN6O2S2/c1-11(2)8-25-16(12(3)27-14-7-5-4-6-13(14)19)22-24-18(25)28-9-15(26)21-17-23-20-10-29-17/h4-7,10-12H,8-9H2,1-3H3,(H,21,23,26). The van der Waals surface area contributed by atoms with E-state index in [2.05, 4.69) is 39.6 Å². The number of hydrogen-bond donors (Lipinski definition) is 1. The molecule has 0 aliphatic carbocycles. The van der Waals surface area contributed by atoms with Gasteiger partial charge in [-0.05, 0) is 25.0 Å². The molecule has 29 heavy (non-hydrogen) atoms. The number of aromatic nitrogens is 5. The van der Waals surface area contributed by atoms with Crippen LogP contribution < -0.4 is 10.1 Å². The molecule has 3 aromatic rings. The predicted octanol–water partition coefficient (Wildman–Crippen LogP) is 3.80. The van der Waals surface area contributed by atoms with Crippen LogP contribution in [0.5, 0.6) is 5.75 Å². The summed E-state index contributed by atoms with van der Waals surface area (Å²) in [7, 11) is 0. The second-order valence-electron chi connectivity index (χ2n) is 6.62. The van der Waals surface area contributed by atoms with Crippen LogP contribution in [0.4, 0.5) is 9.52 Å². The van der Waals surface area contributed by atoms with Crippen molar-refractivity contribution in [2.24, 2.45) is 5.92 Å². The van der Waals surface area contributed by atoms with E-state index in [1.165, 1.54) is 29.2 Å². The highest BCUT2D eigenvalue weighted by molar-refractivity contribution is 7.99. The molecule has 0 saturated carbocycles. The van der Waals surface area contributed by atoms with Gasteiger partial charge in [0.25, 0.3) is 0 Å². The molecule has 1 N–H and O–H groups in total. The van der Waals surface area contributed by atoms with E-state index >= 15 is 0 Å². The van der Waals surface area contributed by atoms with E-state index < -0.39 is 11.9 Å². The Morgan fingerprint density at radius 3 is 2.76 bits per heavy atom. The topological polar surface area (TPSA) is 94.8 Å². The summed E-state index contributed by atoms with van der Waals surface area (Å²) in [6, 6.07) is 6.23. The van der Waals surface area contributed by atoms with Crippen LogP contribution in [0.25, 0.3) is 0 Å². The molecular formula is C18H21FN6O2S2. The molecule has 0 bridgehead atoms. The number of hydrogen-bond acceptors (Lipinski definition) is 8. The predicted molar refractivity (Wildman–Crippen MR) is 110 cm³/mol. The Morgan fingerprint density at radius 1 is 1.28 bits per heavy atom. The van der Waals surface area contributed by atoms with Gasteiger partial charge in [0.15, 0.2) is 28.7 Å². The van der Waals surface area contributed by atoms with Crippen molar-refractivity contribution in [1.29, 1.82) is 0 Å². The lowest BCUT2D eigenvalue weighted by Gasteiger charge is -2.18. The van der Waals surface area contributed by atoms with Crippen LogP contribution in [0, 0.1) is 11.7 Å². The largest absolute Gasteiger partial charge is 0.480 e. The fourth-order valence-corrected chi connectivity index (χ4v) is 3.76. The number of benzene rings is 1. The zero-order valence-corrected chi connectivity index (χ0v) is 17.8. The van der Waals surface area contributed by atoms with Crippen LogP contribution in [-0.4, -0.2) is 36.6 Å². The second kappa shape index (κ2) is 9.79. The summed E-state index contributed by atoms with van der Waals surface area (Å²) >= 11 is 2.52. The van der Waals surface area contributed by atoms with Crippen LogP contribution in [0.15, 0.2) is 34.9 Å². The van der Waals surface area contributed by atoms with Crippen LogP contribution in [-0.2, 0) is 11.3 Å². The number of nitrogens with one attached hydrogen (secondary N) is 1. The van der Waals surface area contributed by atoms with Crippen molar-refractivity contribution in [3.8, 4) is 5.75 Å². The van der Waals surface area contributed by atoms with Crippen LogP contribution in [0.2, 0.25) is 0 Å². The van der Waals surface area contributed by atoms with Gasteiger partial charge in [-0.15, -0.1) is 20.4 Å². The molecule has 0 aliphatic rings. The molecule has 1 aromatic carbocycles. The number of para-hydroxylation sites is 1. The summed E-state index contributed by atoms with van der Waals surface area (Å²) in [5.74, 6) is 0.567. The zero-order valence-electron chi connectivity index (χ0n) is 16.2. The van der Waals surface area contributed by atoms with E-state index in [1.807, 2.05) is 4.57 Å². The molecule has 8 nitrogen and oxygen atoms in total. The van der Waals surface area contributed by atoms with E-state index in [0.717, 1.165) is 0 Å². The first kappa shape index (κ1) is 21.2. The second-order valence-corrected chi connectivity index (χ2v) is 8.39. The van der Waals surface area contributed by atoms with Crippen LogP contribution in [0.3, 0.4) is 0 Å². The van der Waals surface area contributed by atoms with Crippen molar-refractivity contribution in [2.45, 2.75) is 38.6 Å². The summed E-state index contributed by atoms with van der Waals surface area (Å²) in [4.78, 5) is 12.1. The third-order valence-corrected chi connectivity index (χ3v) is 5.31. The zero-order chi connectivity index (χ0) is 20.8. The van der Waals surface area contributed by atoms with E-state index in [0.29, 0.717) is 28.6 Å². The molecule has 2 aromatic heterocycles. The van der Waals surface area contributed by atoms with E-state index in [4.69, 9.17) is 4.74 Å². The molecule has 0 fully saturated rings. The Morgan fingerprint density at radius 2 is 2.07 bits per heavy atom. The SMILES string of the molecule is CC(C)Cn1c(SCC(=O)Nc2nncs2)nnc1C(C)Oc1ccccc1F. The van der Waals surface area contributed by atoms with Gasteiger partial charge in [-0.2, -0.15) is 0 Å². The lowest BCUT2D eigenvalue weighted by atomic mass is 10.2. The Bertz CT molecular complexity index is 948. The number of rotatable bonds is 9. The molecule has 1 atom stereocenters. The highest BCUT2D eigenvalue weighted by atomic mass is 32.2. The molecule has 0 saturated heterocycles. The maximum absolute atomic E-state index is 13.9. The van der Waals surface area contributed by atoms with E-state index in [1.54, 1.807) is 30.6 Å². The number of thioether (sulfide) groups is 1. The molecule has 0 spiro atoms. The number of carbonyl (C=O) groups is 1. The van der Waals surface area contributed by atoms with Gasteiger partial charge >= 0.3 is 0 Å². The Kier molecular flexibility index (Phi) is 7.15. The maximum Gasteiger partial charge on any atom is 0.236 e. The van der Waals surface area contributed by atoms with Crippen LogP contribution in [0.1, 0.15) is 32.7 Å². The fourth-order valence-electron chi connectivity index (χ4n) is 2.54. The molecular weight excluding hydrogens is 415 g/mol. The molecule has 2 heterocycles. The Labute approximate surface area is 175 Å². The Hall–Kier alpha value is -2.53. The molecule has 0 radical (unpaired) electrons. The minimum atomic E-state index is -0.511. The number of carbonyl (C=O) groups excluding carboxylic acids is 1. The maximum atomic E-state index is 13.9. The van der Waals surface area contributed by atoms with Crippen molar-refractivity contribution in [3.63, 3.8) is 0 Å². The van der Waals surface area contributed by atoms with Crippen molar-refractivity contribution < 1.29 is 13.9 Å². The minimum Gasteiger partial charge on any atom is -0.480 e. The van der Waals surface area contributed by atoms with Gasteiger partial charge in [0.2, 0.25) is 11.0 Å². The van der Waals surface area contributed by atoms with Gasteiger partial charge in [-0.3, -0.25) is 10.1 Å². The first-order valence-electron chi connectivity index (χ1n) is 8.97. The smallest absolute Gasteiger partial charge is 0.236 e. The first-order valence-corrected chi connectivity index (χ1v) is 10.8. The lowest BCUT2D eigenvalue weighted by Crippen LogP contribution is -2.17. The summed E-state index contributed by atoms with van der Waals surface area (Å²) in [5, 5.41) is 19.7. The monoisotopic (exact) mass is 436 g/mol. The molecule has 0 aliphatic heterocycles. The molecule has 3 rings (SSSR count). The molecule has 1 amide bonds. The van der Waals surface area contributed by atoms with Gasteiger partial charge in [0.1, 0.15) is 5.51 Å². The summed E-state index contributed by atoms with van der Waals surface area (Å²) in [6.45, 7) is 6.59. The highest BCUT2D eigenvalue weighted by Crippen LogP contribution is 2.27. The minimum absolute atomic E-state index is 0.151. The fraction of sp³-hybridized carbons (Fsp3) is 0.389. The van der Waals surface area contributed by atoms with E-state index in [9.17, 15) is 9.18 Å². The van der Waals surface area contributed by atoms with Gasteiger partial charge in [-0.1, -0.05) is 49.1 Å². The highest BCUT2D eigenvalue weighted by Gasteiger charge is 2.22. The van der Waals surface area contributed by atoms with Gasteiger partial charge in [-0.25, -0.2) is 4.39 Å².